The molecule has 0 bridgehead atoms. The summed E-state index contributed by atoms with van der Waals surface area (Å²) in [6.45, 7) is 0.872. The molecule has 6 heteroatoms. The number of amides is 1. The monoisotopic (exact) mass is 349 g/mol. The molecule has 0 spiro atoms. The molecule has 1 amide bonds. The lowest BCUT2D eigenvalue weighted by atomic mass is 10.1. The van der Waals surface area contributed by atoms with Gasteiger partial charge in [0.25, 0.3) is 5.91 Å². The summed E-state index contributed by atoms with van der Waals surface area (Å²) >= 11 is 0. The number of imidazole rings is 2. The lowest BCUT2D eigenvalue weighted by molar-refractivity contribution is 0.101. The minimum absolute atomic E-state index is 0.111. The third kappa shape index (κ3) is 2.52. The van der Waals surface area contributed by atoms with Crippen LogP contribution in [0.25, 0.3) is 11.0 Å². The Balaban J connectivity index is 1.52. The van der Waals surface area contributed by atoms with Gasteiger partial charge in [0.1, 0.15) is 11.5 Å². The molecule has 0 saturated heterocycles. The summed E-state index contributed by atoms with van der Waals surface area (Å²) in [6, 6.07) is 8.55. The molecular formula is C20H23N5O. The highest BCUT2D eigenvalue weighted by molar-refractivity contribution is 6.03. The summed E-state index contributed by atoms with van der Waals surface area (Å²) in [7, 11) is 0. The lowest BCUT2D eigenvalue weighted by Crippen LogP contribution is -2.22. The fourth-order valence-electron chi connectivity index (χ4n) is 4.43. The number of hydrogen-bond donors (Lipinski definition) is 1. The number of carbonyl (C=O) groups is 1. The minimum atomic E-state index is -0.111. The van der Waals surface area contributed by atoms with Crippen molar-refractivity contribution in [3.63, 3.8) is 0 Å². The molecule has 0 radical (unpaired) electrons. The van der Waals surface area contributed by atoms with Crippen molar-refractivity contribution in [2.45, 2.75) is 57.5 Å². The summed E-state index contributed by atoms with van der Waals surface area (Å²) in [5.74, 6) is 1.57. The number of para-hydroxylation sites is 2. The molecule has 3 aromatic rings. The molecule has 0 atom stereocenters. The van der Waals surface area contributed by atoms with Crippen molar-refractivity contribution in [3.05, 3.63) is 42.0 Å². The maximum atomic E-state index is 13.0. The number of nitrogens with zero attached hydrogens (tertiary/aromatic N) is 4. The maximum Gasteiger partial charge on any atom is 0.276 e. The van der Waals surface area contributed by atoms with Crippen molar-refractivity contribution in [1.82, 2.24) is 19.1 Å². The summed E-state index contributed by atoms with van der Waals surface area (Å²) in [4.78, 5) is 22.1. The third-order valence-electron chi connectivity index (χ3n) is 5.71. The molecule has 1 fully saturated rings. The van der Waals surface area contributed by atoms with Crippen molar-refractivity contribution in [3.8, 4) is 0 Å². The van der Waals surface area contributed by atoms with Crippen LogP contribution in [0.2, 0.25) is 0 Å². The van der Waals surface area contributed by atoms with Gasteiger partial charge in [0.05, 0.1) is 17.2 Å². The topological polar surface area (TPSA) is 64.7 Å². The SMILES string of the molecule is O=C(Nc1nc2ccccc2n1C1CCCC1)c1cnc2n1CCCC2. The molecule has 1 saturated carbocycles. The molecule has 1 aliphatic heterocycles. The fraction of sp³-hybridized carbons (Fsp3) is 0.450. The van der Waals surface area contributed by atoms with E-state index in [1.807, 2.05) is 18.2 Å². The zero-order valence-corrected chi connectivity index (χ0v) is 14.8. The van der Waals surface area contributed by atoms with E-state index in [9.17, 15) is 4.79 Å². The average molecular weight is 349 g/mol. The van der Waals surface area contributed by atoms with Crippen LogP contribution in [0.15, 0.2) is 30.5 Å². The van der Waals surface area contributed by atoms with Crippen LogP contribution in [0.5, 0.6) is 0 Å². The second kappa shape index (κ2) is 6.27. The van der Waals surface area contributed by atoms with Gasteiger partial charge in [-0.15, -0.1) is 0 Å². The smallest absolute Gasteiger partial charge is 0.276 e. The zero-order chi connectivity index (χ0) is 17.5. The largest absolute Gasteiger partial charge is 0.324 e. The van der Waals surface area contributed by atoms with Crippen molar-refractivity contribution in [2.24, 2.45) is 0 Å². The Morgan fingerprint density at radius 2 is 1.96 bits per heavy atom. The van der Waals surface area contributed by atoms with Crippen LogP contribution in [-0.4, -0.2) is 25.0 Å². The molecule has 1 aromatic carbocycles. The van der Waals surface area contributed by atoms with E-state index in [2.05, 4.69) is 25.5 Å². The molecule has 134 valence electrons. The number of aryl methyl sites for hydroxylation is 1. The van der Waals surface area contributed by atoms with Gasteiger partial charge >= 0.3 is 0 Å². The van der Waals surface area contributed by atoms with Gasteiger partial charge in [0, 0.05) is 19.0 Å². The van der Waals surface area contributed by atoms with E-state index in [1.54, 1.807) is 6.20 Å². The van der Waals surface area contributed by atoms with Crippen molar-refractivity contribution in [2.75, 3.05) is 5.32 Å². The Morgan fingerprint density at radius 3 is 2.85 bits per heavy atom. The molecule has 1 aliphatic carbocycles. The highest BCUT2D eigenvalue weighted by atomic mass is 16.2. The number of rotatable bonds is 3. The summed E-state index contributed by atoms with van der Waals surface area (Å²) < 4.78 is 4.29. The Labute approximate surface area is 152 Å². The first-order chi connectivity index (χ1) is 12.8. The van der Waals surface area contributed by atoms with E-state index in [4.69, 9.17) is 4.98 Å². The molecule has 2 aromatic heterocycles. The summed E-state index contributed by atoms with van der Waals surface area (Å²) in [5, 5.41) is 3.08. The van der Waals surface area contributed by atoms with Crippen molar-refractivity contribution < 1.29 is 4.79 Å². The highest BCUT2D eigenvalue weighted by Crippen LogP contribution is 2.35. The van der Waals surface area contributed by atoms with E-state index < -0.39 is 0 Å². The zero-order valence-electron chi connectivity index (χ0n) is 14.8. The van der Waals surface area contributed by atoms with Gasteiger partial charge in [-0.25, -0.2) is 9.97 Å². The molecule has 1 N–H and O–H groups in total. The van der Waals surface area contributed by atoms with Gasteiger partial charge < -0.3 is 9.13 Å². The van der Waals surface area contributed by atoms with Gasteiger partial charge in [-0.3, -0.25) is 10.1 Å². The maximum absolute atomic E-state index is 13.0. The van der Waals surface area contributed by atoms with Crippen LogP contribution in [0.1, 0.15) is 60.9 Å². The number of carbonyl (C=O) groups excluding carboxylic acids is 1. The van der Waals surface area contributed by atoms with E-state index in [0.29, 0.717) is 17.7 Å². The quantitative estimate of drug-likeness (QED) is 0.779. The number of anilines is 1. The van der Waals surface area contributed by atoms with Crippen LogP contribution >= 0.6 is 0 Å². The predicted molar refractivity (Wildman–Crippen MR) is 100 cm³/mol. The van der Waals surface area contributed by atoms with Crippen molar-refractivity contribution in [1.29, 1.82) is 0 Å². The van der Waals surface area contributed by atoms with Gasteiger partial charge in [-0.1, -0.05) is 25.0 Å². The van der Waals surface area contributed by atoms with Crippen LogP contribution < -0.4 is 5.32 Å². The highest BCUT2D eigenvalue weighted by Gasteiger charge is 2.25. The summed E-state index contributed by atoms with van der Waals surface area (Å²) in [5.41, 5.74) is 2.68. The lowest BCUT2D eigenvalue weighted by Gasteiger charge is -2.18. The average Bonchev–Trinajstić information content (AvgIpc) is 3.39. The van der Waals surface area contributed by atoms with Gasteiger partial charge in [-0.05, 0) is 37.8 Å². The molecule has 3 heterocycles. The third-order valence-corrected chi connectivity index (χ3v) is 5.71. The van der Waals surface area contributed by atoms with Gasteiger partial charge in [0.15, 0.2) is 0 Å². The van der Waals surface area contributed by atoms with Crippen LogP contribution in [0.4, 0.5) is 5.95 Å². The van der Waals surface area contributed by atoms with E-state index in [1.165, 1.54) is 12.8 Å². The van der Waals surface area contributed by atoms with E-state index >= 15 is 0 Å². The van der Waals surface area contributed by atoms with Crippen LogP contribution in [0, 0.1) is 0 Å². The summed E-state index contributed by atoms with van der Waals surface area (Å²) in [6.07, 6.45) is 9.67. The first kappa shape index (κ1) is 15.6. The standard InChI is InChI=1S/C20H23N5O/c26-19(17-13-21-18-11-5-6-12-24(17)18)23-20-22-15-9-3-4-10-16(15)25(20)14-7-1-2-8-14/h3-4,9-10,13-14H,1-2,5-8,11-12H2,(H,22,23,26). The molecule has 6 nitrogen and oxygen atoms in total. The predicted octanol–water partition coefficient (Wildman–Crippen LogP) is 3.94. The number of aromatic nitrogens is 4. The van der Waals surface area contributed by atoms with Crippen LogP contribution in [-0.2, 0) is 13.0 Å². The normalized spacial score (nSPS) is 17.5. The van der Waals surface area contributed by atoms with Gasteiger partial charge in [0.2, 0.25) is 5.95 Å². The Bertz CT molecular complexity index is 964. The first-order valence-corrected chi connectivity index (χ1v) is 9.64. The number of fused-ring (bicyclic) bond motifs is 2. The Hall–Kier alpha value is -2.63. The Morgan fingerprint density at radius 1 is 1.12 bits per heavy atom. The van der Waals surface area contributed by atoms with E-state index in [0.717, 1.165) is 55.5 Å². The molecule has 5 rings (SSSR count). The second-order valence-corrected chi connectivity index (χ2v) is 7.35. The van der Waals surface area contributed by atoms with Crippen LogP contribution in [0.3, 0.4) is 0 Å². The molecular weight excluding hydrogens is 326 g/mol. The Kier molecular flexibility index (Phi) is 3.76. The fourth-order valence-corrected chi connectivity index (χ4v) is 4.43. The molecule has 26 heavy (non-hydrogen) atoms. The van der Waals surface area contributed by atoms with Gasteiger partial charge in [-0.2, -0.15) is 0 Å². The number of benzene rings is 1. The van der Waals surface area contributed by atoms with Crippen molar-refractivity contribution >= 4 is 22.9 Å². The van der Waals surface area contributed by atoms with E-state index in [-0.39, 0.29) is 5.91 Å². The number of nitrogens with one attached hydrogen (secondary N) is 1. The second-order valence-electron chi connectivity index (χ2n) is 7.35. The first-order valence-electron chi connectivity index (χ1n) is 9.64. The molecule has 2 aliphatic rings. The molecule has 0 unspecified atom stereocenters. The number of hydrogen-bond acceptors (Lipinski definition) is 3. The minimum Gasteiger partial charge on any atom is -0.324 e.